The van der Waals surface area contributed by atoms with Crippen molar-refractivity contribution < 1.29 is 14.0 Å². The van der Waals surface area contributed by atoms with E-state index in [1.807, 2.05) is 30.3 Å². The highest BCUT2D eigenvalue weighted by Crippen LogP contribution is 2.14. The van der Waals surface area contributed by atoms with Gasteiger partial charge in [-0.15, -0.1) is 12.4 Å². The first-order valence-electron chi connectivity index (χ1n) is 5.56. The Morgan fingerprint density at radius 2 is 2.05 bits per heavy atom. The van der Waals surface area contributed by atoms with E-state index in [1.165, 1.54) is 0 Å². The minimum atomic E-state index is -0.372. The number of halogens is 1. The summed E-state index contributed by atoms with van der Waals surface area (Å²) in [6.07, 6.45) is -0.372. The van der Waals surface area contributed by atoms with Crippen LogP contribution in [0.5, 0.6) is 5.75 Å². The van der Waals surface area contributed by atoms with Crippen LogP contribution in [0.3, 0.4) is 0 Å². The zero-order chi connectivity index (χ0) is 12.8. The Bertz CT molecular complexity index is 474. The third-order valence-electron chi connectivity index (χ3n) is 2.37. The summed E-state index contributed by atoms with van der Waals surface area (Å²) in [5.74, 6) is 1.59. The van der Waals surface area contributed by atoms with E-state index >= 15 is 0 Å². The van der Waals surface area contributed by atoms with Crippen LogP contribution in [0.4, 0.5) is 0 Å². The predicted octanol–water partition coefficient (Wildman–Crippen LogP) is 1.72. The van der Waals surface area contributed by atoms with E-state index in [0.717, 1.165) is 5.75 Å². The van der Waals surface area contributed by atoms with Crippen molar-refractivity contribution in [3.63, 3.8) is 0 Å². The fraction of sp³-hybridized carbons (Fsp3) is 0.333. The number of ether oxygens (including phenoxy) is 2. The molecule has 0 spiro atoms. The zero-order valence-electron chi connectivity index (χ0n) is 10.5. The molecular weight excluding hydrogens is 270 g/mol. The van der Waals surface area contributed by atoms with Gasteiger partial charge in [0.25, 0.3) is 5.89 Å². The van der Waals surface area contributed by atoms with Gasteiger partial charge in [-0.1, -0.05) is 23.4 Å². The molecule has 2 N–H and O–H groups in total. The smallest absolute Gasteiger partial charge is 0.257 e. The number of hydrogen-bond donors (Lipinski definition) is 1. The number of nitrogens with two attached hydrogens (primary N) is 1. The molecule has 1 heterocycles. The number of para-hydroxylation sites is 1. The molecule has 0 bridgehead atoms. The number of nitrogens with zero attached hydrogens (tertiary/aromatic N) is 2. The Balaban J connectivity index is 0.00000180. The van der Waals surface area contributed by atoms with E-state index in [2.05, 4.69) is 10.1 Å². The Morgan fingerprint density at radius 1 is 1.32 bits per heavy atom. The summed E-state index contributed by atoms with van der Waals surface area (Å²) in [5, 5.41) is 3.80. The van der Waals surface area contributed by atoms with Crippen molar-refractivity contribution in [3.05, 3.63) is 42.0 Å². The third kappa shape index (κ3) is 4.20. The zero-order valence-corrected chi connectivity index (χ0v) is 11.3. The first kappa shape index (κ1) is 15.4. The second kappa shape index (κ2) is 7.73. The molecule has 0 radical (unpaired) electrons. The molecule has 104 valence electrons. The van der Waals surface area contributed by atoms with Gasteiger partial charge in [-0.05, 0) is 12.1 Å². The van der Waals surface area contributed by atoms with Crippen molar-refractivity contribution in [3.8, 4) is 5.75 Å². The van der Waals surface area contributed by atoms with Crippen molar-refractivity contribution in [2.75, 3.05) is 13.7 Å². The van der Waals surface area contributed by atoms with Gasteiger partial charge in [0.1, 0.15) is 11.9 Å². The van der Waals surface area contributed by atoms with Gasteiger partial charge in [0.2, 0.25) is 5.82 Å². The normalized spacial score (nSPS) is 11.7. The summed E-state index contributed by atoms with van der Waals surface area (Å²) in [6.45, 7) is 0.534. The molecule has 1 aromatic carbocycles. The molecule has 0 fully saturated rings. The molecular formula is C12H16ClN3O3. The van der Waals surface area contributed by atoms with Crippen molar-refractivity contribution >= 4 is 12.4 Å². The van der Waals surface area contributed by atoms with Crippen LogP contribution in [0.2, 0.25) is 0 Å². The predicted molar refractivity (Wildman–Crippen MR) is 71.1 cm³/mol. The van der Waals surface area contributed by atoms with Gasteiger partial charge in [0, 0.05) is 13.7 Å². The highest BCUT2D eigenvalue weighted by molar-refractivity contribution is 5.85. The maximum Gasteiger partial charge on any atom is 0.257 e. The molecule has 2 rings (SSSR count). The highest BCUT2D eigenvalue weighted by atomic mass is 35.5. The maximum atomic E-state index is 5.51. The van der Waals surface area contributed by atoms with Crippen LogP contribution in [0.15, 0.2) is 34.9 Å². The van der Waals surface area contributed by atoms with E-state index < -0.39 is 0 Å². The van der Waals surface area contributed by atoms with Crippen molar-refractivity contribution in [2.45, 2.75) is 12.7 Å². The minimum absolute atomic E-state index is 0. The van der Waals surface area contributed by atoms with E-state index in [-0.39, 0.29) is 31.7 Å². The monoisotopic (exact) mass is 285 g/mol. The average Bonchev–Trinajstić information content (AvgIpc) is 2.88. The highest BCUT2D eigenvalue weighted by Gasteiger charge is 2.16. The summed E-state index contributed by atoms with van der Waals surface area (Å²) in [5.41, 5.74) is 5.51. The molecule has 0 amide bonds. The first-order chi connectivity index (χ1) is 8.83. The van der Waals surface area contributed by atoms with Crippen LogP contribution < -0.4 is 10.5 Å². The van der Waals surface area contributed by atoms with Gasteiger partial charge in [-0.2, -0.15) is 4.98 Å². The standard InChI is InChI=1S/C12H15N3O3.ClH/c1-16-10(7-13)12-14-11(15-18-12)8-17-9-5-3-2-4-6-9;/h2-6,10H,7-8,13H2,1H3;1H. The molecule has 2 aromatic rings. The molecule has 0 aliphatic heterocycles. The molecule has 0 saturated heterocycles. The molecule has 19 heavy (non-hydrogen) atoms. The van der Waals surface area contributed by atoms with Crippen LogP contribution in [-0.2, 0) is 11.3 Å². The number of rotatable bonds is 6. The largest absolute Gasteiger partial charge is 0.485 e. The second-order valence-electron chi connectivity index (χ2n) is 3.61. The molecule has 0 aliphatic rings. The molecule has 1 atom stereocenters. The fourth-order valence-corrected chi connectivity index (χ4v) is 1.42. The number of methoxy groups -OCH3 is 1. The Kier molecular flexibility index (Phi) is 6.27. The average molecular weight is 286 g/mol. The summed E-state index contributed by atoms with van der Waals surface area (Å²) in [4.78, 5) is 4.16. The Labute approximate surface area is 117 Å². The van der Waals surface area contributed by atoms with E-state index in [0.29, 0.717) is 11.7 Å². The lowest BCUT2D eigenvalue weighted by atomic mass is 10.3. The summed E-state index contributed by atoms with van der Waals surface area (Å²) in [7, 11) is 1.54. The summed E-state index contributed by atoms with van der Waals surface area (Å²) < 4.78 is 15.6. The van der Waals surface area contributed by atoms with Gasteiger partial charge >= 0.3 is 0 Å². The van der Waals surface area contributed by atoms with Crippen LogP contribution in [0, 0.1) is 0 Å². The molecule has 7 heteroatoms. The molecule has 1 aromatic heterocycles. The minimum Gasteiger partial charge on any atom is -0.485 e. The van der Waals surface area contributed by atoms with Gasteiger partial charge in [0.05, 0.1) is 0 Å². The number of benzene rings is 1. The lowest BCUT2D eigenvalue weighted by molar-refractivity contribution is 0.0803. The van der Waals surface area contributed by atoms with Crippen molar-refractivity contribution in [1.82, 2.24) is 10.1 Å². The van der Waals surface area contributed by atoms with Crippen LogP contribution >= 0.6 is 12.4 Å². The first-order valence-corrected chi connectivity index (χ1v) is 5.56. The Morgan fingerprint density at radius 3 is 2.68 bits per heavy atom. The summed E-state index contributed by atoms with van der Waals surface area (Å²) in [6, 6.07) is 9.43. The lowest BCUT2D eigenvalue weighted by Gasteiger charge is -2.05. The maximum absolute atomic E-state index is 5.51. The van der Waals surface area contributed by atoms with E-state index in [4.69, 9.17) is 19.7 Å². The fourth-order valence-electron chi connectivity index (χ4n) is 1.42. The van der Waals surface area contributed by atoms with Crippen molar-refractivity contribution in [2.24, 2.45) is 5.73 Å². The second-order valence-corrected chi connectivity index (χ2v) is 3.61. The lowest BCUT2D eigenvalue weighted by Crippen LogP contribution is -2.14. The molecule has 6 nitrogen and oxygen atoms in total. The quantitative estimate of drug-likeness (QED) is 0.870. The topological polar surface area (TPSA) is 83.4 Å². The van der Waals surface area contributed by atoms with Crippen LogP contribution in [0.25, 0.3) is 0 Å². The Hall–Kier alpha value is -1.63. The molecule has 1 unspecified atom stereocenters. The van der Waals surface area contributed by atoms with Crippen LogP contribution in [-0.4, -0.2) is 23.8 Å². The SMILES string of the molecule is COC(CN)c1nc(COc2ccccc2)no1.Cl. The van der Waals surface area contributed by atoms with Gasteiger partial charge in [-0.3, -0.25) is 0 Å². The van der Waals surface area contributed by atoms with Crippen LogP contribution in [0.1, 0.15) is 17.8 Å². The van der Waals surface area contributed by atoms with Gasteiger partial charge in [-0.25, -0.2) is 0 Å². The van der Waals surface area contributed by atoms with E-state index in [9.17, 15) is 0 Å². The number of aromatic nitrogens is 2. The molecule has 0 saturated carbocycles. The third-order valence-corrected chi connectivity index (χ3v) is 2.37. The van der Waals surface area contributed by atoms with Gasteiger partial charge in [0.15, 0.2) is 6.61 Å². The van der Waals surface area contributed by atoms with Crippen molar-refractivity contribution in [1.29, 1.82) is 0 Å². The van der Waals surface area contributed by atoms with E-state index in [1.54, 1.807) is 7.11 Å². The number of hydrogen-bond acceptors (Lipinski definition) is 6. The molecule has 0 aliphatic carbocycles. The van der Waals surface area contributed by atoms with Gasteiger partial charge < -0.3 is 19.7 Å². The summed E-state index contributed by atoms with van der Waals surface area (Å²) >= 11 is 0.